The van der Waals surface area contributed by atoms with Crippen molar-refractivity contribution in [2.24, 2.45) is 9.98 Å². The minimum Gasteiger partial charge on any atom is -0.495 e. The van der Waals surface area contributed by atoms with Gasteiger partial charge < -0.3 is 10.1 Å². The molecular weight excluding hydrogens is 436 g/mol. The zero-order valence-electron chi connectivity index (χ0n) is 17.1. The van der Waals surface area contributed by atoms with E-state index >= 15 is 0 Å². The molecule has 160 valence electrons. The Kier molecular flexibility index (Phi) is 6.29. The third-order valence-corrected chi connectivity index (χ3v) is 6.11. The molecule has 0 aliphatic carbocycles. The minimum absolute atomic E-state index is 0.0835. The van der Waals surface area contributed by atoms with Gasteiger partial charge in [-0.15, -0.1) is 0 Å². The van der Waals surface area contributed by atoms with Crippen molar-refractivity contribution < 1.29 is 14.3 Å². The molecule has 31 heavy (non-hydrogen) atoms. The number of nitrogens with one attached hydrogen (secondary N) is 1. The number of hydrogen-bond donors (Lipinski definition) is 1. The highest BCUT2D eigenvalue weighted by Crippen LogP contribution is 2.34. The fourth-order valence-corrected chi connectivity index (χ4v) is 4.49. The molecule has 7 nitrogen and oxygen atoms in total. The number of anilines is 1. The lowest BCUT2D eigenvalue weighted by Crippen LogP contribution is -2.41. The second-order valence-electron chi connectivity index (χ2n) is 7.03. The molecule has 2 amide bonds. The summed E-state index contributed by atoms with van der Waals surface area (Å²) < 4.78 is 5.12. The third kappa shape index (κ3) is 4.31. The van der Waals surface area contributed by atoms with Gasteiger partial charge in [-0.1, -0.05) is 48.8 Å². The van der Waals surface area contributed by atoms with E-state index in [9.17, 15) is 9.59 Å². The molecule has 0 spiro atoms. The number of carbonyl (C=O) groups excluding carboxylic acids is 2. The number of hydrogen-bond acceptors (Lipinski definition) is 6. The Morgan fingerprint density at radius 2 is 2.10 bits per heavy atom. The lowest BCUT2D eigenvalue weighted by Gasteiger charge is -2.25. The Labute approximate surface area is 189 Å². The molecule has 4 rings (SSSR count). The van der Waals surface area contributed by atoms with Crippen molar-refractivity contribution in [1.82, 2.24) is 4.90 Å². The molecule has 2 heterocycles. The van der Waals surface area contributed by atoms with Gasteiger partial charge in [0, 0.05) is 11.3 Å². The number of carbonyl (C=O) groups is 2. The molecule has 0 aromatic heterocycles. The quantitative estimate of drug-likeness (QED) is 0.694. The van der Waals surface area contributed by atoms with Crippen LogP contribution in [0.15, 0.2) is 52.4 Å². The summed E-state index contributed by atoms with van der Waals surface area (Å²) in [6, 6.07) is 12.2. The summed E-state index contributed by atoms with van der Waals surface area (Å²) in [5, 5.41) is 3.68. The van der Waals surface area contributed by atoms with Crippen LogP contribution in [-0.2, 0) is 9.59 Å². The number of nitrogens with zero attached hydrogens (tertiary/aromatic N) is 3. The van der Waals surface area contributed by atoms with E-state index < -0.39 is 6.04 Å². The molecule has 2 aromatic carbocycles. The topological polar surface area (TPSA) is 83.4 Å². The van der Waals surface area contributed by atoms with Crippen molar-refractivity contribution in [2.45, 2.75) is 25.8 Å². The number of amides is 2. The van der Waals surface area contributed by atoms with E-state index in [-0.39, 0.29) is 17.6 Å². The number of thioether (sulfide) groups is 1. The predicted octanol–water partition coefficient (Wildman–Crippen LogP) is 4.48. The highest BCUT2D eigenvalue weighted by Gasteiger charge is 2.40. The molecule has 9 heteroatoms. The van der Waals surface area contributed by atoms with Gasteiger partial charge in [0.1, 0.15) is 17.6 Å². The highest BCUT2D eigenvalue weighted by atomic mass is 35.5. The maximum Gasteiger partial charge on any atom is 0.259 e. The lowest BCUT2D eigenvalue weighted by atomic mass is 10.1. The van der Waals surface area contributed by atoms with Gasteiger partial charge >= 0.3 is 0 Å². The molecule has 1 N–H and O–H groups in total. The molecule has 2 aromatic rings. The van der Waals surface area contributed by atoms with Crippen LogP contribution in [0, 0.1) is 0 Å². The predicted molar refractivity (Wildman–Crippen MR) is 125 cm³/mol. The maximum atomic E-state index is 13.0. The van der Waals surface area contributed by atoms with Gasteiger partial charge in [0.2, 0.25) is 5.91 Å². The van der Waals surface area contributed by atoms with Crippen LogP contribution < -0.4 is 10.1 Å². The van der Waals surface area contributed by atoms with Gasteiger partial charge in [-0.2, -0.15) is 0 Å². The summed E-state index contributed by atoms with van der Waals surface area (Å²) in [6.45, 7) is 2.03. The monoisotopic (exact) mass is 456 g/mol. The Balaban J connectivity index is 1.51. The summed E-state index contributed by atoms with van der Waals surface area (Å²) in [7, 11) is 1.53. The minimum atomic E-state index is -0.410. The number of aliphatic imine (C=N–C) groups is 2. The first-order valence-corrected chi connectivity index (χ1v) is 11.2. The zero-order chi connectivity index (χ0) is 22.0. The Hall–Kier alpha value is -2.84. The second kappa shape index (κ2) is 9.11. The van der Waals surface area contributed by atoms with Crippen LogP contribution in [0.25, 0.3) is 0 Å². The van der Waals surface area contributed by atoms with E-state index in [1.54, 1.807) is 23.1 Å². The number of fused-ring (bicyclic) bond motifs is 3. The molecule has 1 atom stereocenters. The third-order valence-electron chi connectivity index (χ3n) is 4.88. The molecule has 2 aliphatic heterocycles. The Morgan fingerprint density at radius 3 is 2.84 bits per heavy atom. The summed E-state index contributed by atoms with van der Waals surface area (Å²) in [6.07, 6.45) is 1.53. The summed E-state index contributed by atoms with van der Waals surface area (Å²) in [5.74, 6) is 0.896. The van der Waals surface area contributed by atoms with Crippen molar-refractivity contribution >= 4 is 57.6 Å². The van der Waals surface area contributed by atoms with Crippen molar-refractivity contribution in [2.75, 3.05) is 18.2 Å². The zero-order valence-corrected chi connectivity index (χ0v) is 18.7. The number of rotatable bonds is 6. The van der Waals surface area contributed by atoms with Crippen molar-refractivity contribution in [3.63, 3.8) is 0 Å². The number of halogens is 1. The second-order valence-corrected chi connectivity index (χ2v) is 8.38. The first kappa shape index (κ1) is 21.4. The first-order chi connectivity index (χ1) is 15.0. The molecule has 0 saturated heterocycles. The molecule has 0 saturated carbocycles. The largest absolute Gasteiger partial charge is 0.495 e. The van der Waals surface area contributed by atoms with Gasteiger partial charge in [0.15, 0.2) is 5.17 Å². The SMILES string of the molecule is CCCC1N=C2c3ccccc3N=C(SCC(=O)Nc3ccc(OC)c(Cl)c3)N2C1=O. The van der Waals surface area contributed by atoms with Gasteiger partial charge in [-0.25, -0.2) is 9.89 Å². The number of benzene rings is 2. The van der Waals surface area contributed by atoms with E-state index in [0.717, 1.165) is 17.7 Å². The smallest absolute Gasteiger partial charge is 0.259 e. The van der Waals surface area contributed by atoms with Crippen LogP contribution in [0.5, 0.6) is 5.75 Å². The van der Waals surface area contributed by atoms with Crippen LogP contribution in [0.3, 0.4) is 0 Å². The summed E-state index contributed by atoms with van der Waals surface area (Å²) in [4.78, 5) is 36.3. The van der Waals surface area contributed by atoms with Crippen LogP contribution in [0.1, 0.15) is 25.3 Å². The van der Waals surface area contributed by atoms with Crippen LogP contribution in [-0.4, -0.2) is 46.6 Å². The number of amidine groups is 2. The van der Waals surface area contributed by atoms with Crippen LogP contribution in [0.4, 0.5) is 11.4 Å². The van der Waals surface area contributed by atoms with Gasteiger partial charge in [0.25, 0.3) is 5.91 Å². The van der Waals surface area contributed by atoms with Gasteiger partial charge in [-0.05, 0) is 36.8 Å². The first-order valence-electron chi connectivity index (χ1n) is 9.88. The number of para-hydroxylation sites is 1. The van der Waals surface area contributed by atoms with E-state index in [0.29, 0.717) is 33.9 Å². The fourth-order valence-electron chi connectivity index (χ4n) is 3.43. The van der Waals surface area contributed by atoms with E-state index in [1.807, 2.05) is 31.2 Å². The average Bonchev–Trinajstić information content (AvgIpc) is 3.09. The molecule has 1 unspecified atom stereocenters. The van der Waals surface area contributed by atoms with Crippen molar-refractivity contribution in [3.8, 4) is 5.75 Å². The van der Waals surface area contributed by atoms with E-state index in [4.69, 9.17) is 16.3 Å². The van der Waals surface area contributed by atoms with Gasteiger partial charge in [0.05, 0.1) is 23.6 Å². The highest BCUT2D eigenvalue weighted by molar-refractivity contribution is 8.14. The number of ether oxygens (including phenoxy) is 1. The maximum absolute atomic E-state index is 13.0. The molecule has 0 bridgehead atoms. The molecular formula is C22H21ClN4O3S. The standard InChI is InChI=1S/C22H21ClN4O3S/c1-3-6-17-21(29)27-20(25-17)14-7-4-5-8-16(14)26-22(27)31-12-19(28)24-13-9-10-18(30-2)15(23)11-13/h4-5,7-11,17H,3,6,12H2,1-2H3,(H,24,28). The van der Waals surface area contributed by atoms with Crippen molar-refractivity contribution in [3.05, 3.63) is 53.1 Å². The van der Waals surface area contributed by atoms with Crippen LogP contribution in [0.2, 0.25) is 5.02 Å². The Morgan fingerprint density at radius 1 is 1.29 bits per heavy atom. The fraction of sp³-hybridized carbons (Fsp3) is 0.273. The molecule has 0 radical (unpaired) electrons. The average molecular weight is 457 g/mol. The van der Waals surface area contributed by atoms with Crippen LogP contribution >= 0.6 is 23.4 Å². The molecule has 0 fully saturated rings. The van der Waals surface area contributed by atoms with E-state index in [2.05, 4.69) is 15.3 Å². The van der Waals surface area contributed by atoms with Crippen molar-refractivity contribution in [1.29, 1.82) is 0 Å². The lowest BCUT2D eigenvalue weighted by molar-refractivity contribution is -0.124. The van der Waals surface area contributed by atoms with Gasteiger partial charge in [-0.3, -0.25) is 14.6 Å². The summed E-state index contributed by atoms with van der Waals surface area (Å²) in [5.41, 5.74) is 2.14. The van der Waals surface area contributed by atoms with E-state index in [1.165, 1.54) is 18.9 Å². The molecule has 2 aliphatic rings. The Bertz CT molecular complexity index is 1100. The number of methoxy groups -OCH3 is 1. The normalized spacial score (nSPS) is 16.9. The summed E-state index contributed by atoms with van der Waals surface area (Å²) >= 11 is 7.32.